The Labute approximate surface area is 148 Å². The molecule has 0 N–H and O–H groups in total. The molecule has 0 unspecified atom stereocenters. The summed E-state index contributed by atoms with van der Waals surface area (Å²) in [4.78, 5) is 5.23. The average molecular weight is 335 g/mol. The number of benzene rings is 1. The number of unbranched alkanes of at least 4 members (excludes halogenated alkanes) is 1. The van der Waals surface area contributed by atoms with Gasteiger partial charge >= 0.3 is 0 Å². The molecule has 0 amide bonds. The summed E-state index contributed by atoms with van der Waals surface area (Å²) < 4.78 is 0. The van der Waals surface area contributed by atoms with Crippen LogP contribution in [0, 0.1) is 0 Å². The Kier molecular flexibility index (Phi) is 7.45. The first-order valence-electron chi connectivity index (χ1n) is 9.14. The molecule has 128 valence electrons. The fourth-order valence-electron chi connectivity index (χ4n) is 3.70. The number of hydrogen-bond acceptors (Lipinski definition) is 2. The lowest BCUT2D eigenvalue weighted by molar-refractivity contribution is 0.254. The van der Waals surface area contributed by atoms with Crippen LogP contribution in [0.5, 0.6) is 0 Å². The first kappa shape index (κ1) is 18.4. The lowest BCUT2D eigenvalue weighted by Crippen LogP contribution is -2.46. The van der Waals surface area contributed by atoms with Crippen LogP contribution in [0.15, 0.2) is 30.3 Å². The van der Waals surface area contributed by atoms with Gasteiger partial charge in [0.25, 0.3) is 0 Å². The number of piperazine rings is 1. The van der Waals surface area contributed by atoms with Gasteiger partial charge in [-0.2, -0.15) is 0 Å². The molecule has 1 aromatic rings. The monoisotopic (exact) mass is 334 g/mol. The van der Waals surface area contributed by atoms with E-state index in [1.54, 1.807) is 5.57 Å². The van der Waals surface area contributed by atoms with Crippen molar-refractivity contribution in [3.63, 3.8) is 0 Å². The third kappa shape index (κ3) is 4.74. The van der Waals surface area contributed by atoms with Gasteiger partial charge in [0.15, 0.2) is 0 Å². The van der Waals surface area contributed by atoms with E-state index in [2.05, 4.69) is 47.1 Å². The van der Waals surface area contributed by atoms with Crippen molar-refractivity contribution in [3.8, 4) is 0 Å². The zero-order valence-electron chi connectivity index (χ0n) is 14.5. The third-order valence-corrected chi connectivity index (χ3v) is 5.08. The molecule has 0 aromatic heterocycles. The second-order valence-electron chi connectivity index (χ2n) is 6.67. The van der Waals surface area contributed by atoms with E-state index in [0.717, 1.165) is 0 Å². The van der Waals surface area contributed by atoms with Crippen molar-refractivity contribution in [2.75, 3.05) is 37.6 Å². The SMILES string of the molecule is CCCCN1CCN(c2ccccc2C2=CCCCC2)CC1.Cl. The summed E-state index contributed by atoms with van der Waals surface area (Å²) in [5, 5.41) is 0. The standard InChI is InChI=1S/C20H30N2.ClH/c1-2-3-13-21-14-16-22(17-15-21)20-12-8-7-11-19(20)18-9-5-4-6-10-18;/h7-9,11-12H,2-6,10,13-17H2,1H3;1H. The number of nitrogens with zero attached hydrogens (tertiary/aromatic N) is 2. The zero-order valence-corrected chi connectivity index (χ0v) is 15.3. The van der Waals surface area contributed by atoms with Crippen LogP contribution in [0.2, 0.25) is 0 Å². The molecule has 0 radical (unpaired) electrons. The Balaban J connectivity index is 0.00000192. The summed E-state index contributed by atoms with van der Waals surface area (Å²) in [5.74, 6) is 0. The smallest absolute Gasteiger partial charge is 0.0443 e. The molecule has 3 heteroatoms. The minimum Gasteiger partial charge on any atom is -0.368 e. The zero-order chi connectivity index (χ0) is 15.2. The molecule has 0 spiro atoms. The molecule has 1 aliphatic carbocycles. The van der Waals surface area contributed by atoms with E-state index in [-0.39, 0.29) is 12.4 Å². The normalized spacial score (nSPS) is 19.2. The van der Waals surface area contributed by atoms with E-state index in [1.807, 2.05) is 0 Å². The van der Waals surface area contributed by atoms with Gasteiger partial charge in [0.2, 0.25) is 0 Å². The Hall–Kier alpha value is -0.990. The van der Waals surface area contributed by atoms with Crippen LogP contribution >= 0.6 is 12.4 Å². The lowest BCUT2D eigenvalue weighted by atomic mass is 9.92. The Bertz CT molecular complexity index is 504. The van der Waals surface area contributed by atoms with E-state index in [1.165, 1.54) is 82.5 Å². The molecule has 0 bridgehead atoms. The van der Waals surface area contributed by atoms with Crippen molar-refractivity contribution in [1.29, 1.82) is 0 Å². The maximum atomic E-state index is 2.63. The number of hydrogen-bond donors (Lipinski definition) is 0. The predicted octanol–water partition coefficient (Wildman–Crippen LogP) is 4.99. The number of allylic oxidation sites excluding steroid dienone is 2. The van der Waals surface area contributed by atoms with Crippen molar-refractivity contribution in [2.45, 2.75) is 45.4 Å². The third-order valence-electron chi connectivity index (χ3n) is 5.08. The largest absolute Gasteiger partial charge is 0.368 e. The van der Waals surface area contributed by atoms with Crippen molar-refractivity contribution < 1.29 is 0 Å². The van der Waals surface area contributed by atoms with E-state index in [9.17, 15) is 0 Å². The quantitative estimate of drug-likeness (QED) is 0.748. The number of rotatable bonds is 5. The molecular formula is C20H31ClN2. The maximum absolute atomic E-state index is 2.63. The van der Waals surface area contributed by atoms with Crippen LogP contribution in [0.3, 0.4) is 0 Å². The van der Waals surface area contributed by atoms with E-state index >= 15 is 0 Å². The molecule has 1 fully saturated rings. The topological polar surface area (TPSA) is 6.48 Å². The highest BCUT2D eigenvalue weighted by molar-refractivity contribution is 5.85. The van der Waals surface area contributed by atoms with Crippen molar-refractivity contribution in [3.05, 3.63) is 35.9 Å². The van der Waals surface area contributed by atoms with Gasteiger partial charge in [-0.25, -0.2) is 0 Å². The molecule has 3 rings (SSSR count). The summed E-state index contributed by atoms with van der Waals surface area (Å²) >= 11 is 0. The molecule has 2 aliphatic rings. The van der Waals surface area contributed by atoms with Gasteiger partial charge in [0, 0.05) is 37.4 Å². The lowest BCUT2D eigenvalue weighted by Gasteiger charge is -2.37. The Morgan fingerprint density at radius 2 is 1.78 bits per heavy atom. The Morgan fingerprint density at radius 1 is 1.00 bits per heavy atom. The minimum absolute atomic E-state index is 0. The van der Waals surface area contributed by atoms with Crippen LogP contribution in [0.4, 0.5) is 5.69 Å². The summed E-state index contributed by atoms with van der Waals surface area (Å²) in [6.45, 7) is 8.34. The number of anilines is 1. The molecule has 0 saturated carbocycles. The molecule has 23 heavy (non-hydrogen) atoms. The highest BCUT2D eigenvalue weighted by atomic mass is 35.5. The van der Waals surface area contributed by atoms with Crippen LogP contribution < -0.4 is 4.90 Å². The van der Waals surface area contributed by atoms with Gasteiger partial charge in [-0.1, -0.05) is 37.6 Å². The Morgan fingerprint density at radius 3 is 2.48 bits per heavy atom. The van der Waals surface area contributed by atoms with Crippen LogP contribution in [-0.2, 0) is 0 Å². The second-order valence-corrected chi connectivity index (χ2v) is 6.67. The molecule has 0 atom stereocenters. The van der Waals surface area contributed by atoms with E-state index < -0.39 is 0 Å². The van der Waals surface area contributed by atoms with Gasteiger partial charge in [-0.3, -0.25) is 4.90 Å². The number of para-hydroxylation sites is 1. The fraction of sp³-hybridized carbons (Fsp3) is 0.600. The van der Waals surface area contributed by atoms with Gasteiger partial charge in [0.1, 0.15) is 0 Å². The maximum Gasteiger partial charge on any atom is 0.0443 e. The minimum atomic E-state index is 0. The highest BCUT2D eigenvalue weighted by Crippen LogP contribution is 2.33. The van der Waals surface area contributed by atoms with Crippen LogP contribution in [0.1, 0.15) is 51.0 Å². The molecule has 2 nitrogen and oxygen atoms in total. The van der Waals surface area contributed by atoms with Crippen molar-refractivity contribution >= 4 is 23.7 Å². The van der Waals surface area contributed by atoms with Gasteiger partial charge < -0.3 is 4.90 Å². The van der Waals surface area contributed by atoms with E-state index in [4.69, 9.17) is 0 Å². The van der Waals surface area contributed by atoms with Crippen molar-refractivity contribution in [1.82, 2.24) is 4.90 Å². The van der Waals surface area contributed by atoms with Gasteiger partial charge in [-0.05, 0) is 50.3 Å². The van der Waals surface area contributed by atoms with Gasteiger partial charge in [0.05, 0.1) is 0 Å². The molecule has 1 saturated heterocycles. The summed E-state index contributed by atoms with van der Waals surface area (Å²) in [7, 11) is 0. The first-order chi connectivity index (χ1) is 10.9. The molecule has 1 heterocycles. The number of halogens is 1. The van der Waals surface area contributed by atoms with Crippen LogP contribution in [-0.4, -0.2) is 37.6 Å². The highest BCUT2D eigenvalue weighted by Gasteiger charge is 2.20. The van der Waals surface area contributed by atoms with E-state index in [0.29, 0.717) is 0 Å². The predicted molar refractivity (Wildman–Crippen MR) is 104 cm³/mol. The fourth-order valence-corrected chi connectivity index (χ4v) is 3.70. The molecular weight excluding hydrogens is 304 g/mol. The van der Waals surface area contributed by atoms with Crippen molar-refractivity contribution in [2.24, 2.45) is 0 Å². The average Bonchev–Trinajstić information content (AvgIpc) is 2.61. The molecule has 1 aromatic carbocycles. The first-order valence-corrected chi connectivity index (χ1v) is 9.14. The second kappa shape index (κ2) is 9.34. The van der Waals surface area contributed by atoms with Crippen LogP contribution in [0.25, 0.3) is 5.57 Å². The summed E-state index contributed by atoms with van der Waals surface area (Å²) in [6.07, 6.45) is 10.3. The summed E-state index contributed by atoms with van der Waals surface area (Å²) in [5.41, 5.74) is 4.53. The molecule has 1 aliphatic heterocycles. The summed E-state index contributed by atoms with van der Waals surface area (Å²) in [6, 6.07) is 9.06. The van der Waals surface area contributed by atoms with Gasteiger partial charge in [-0.15, -0.1) is 12.4 Å².